The maximum Gasteiger partial charge on any atom is 0.127 e. The highest BCUT2D eigenvalue weighted by atomic mass is 16.5. The van der Waals surface area contributed by atoms with Gasteiger partial charge in [-0.15, -0.1) is 0 Å². The molecule has 1 N–H and O–H groups in total. The number of hydrogen-bond donors (Lipinski definition) is 1. The van der Waals surface area contributed by atoms with Crippen LogP contribution in [0.5, 0.6) is 11.5 Å². The Kier molecular flexibility index (Phi) is 2.14. The predicted octanol–water partition coefficient (Wildman–Crippen LogP) is 1.87. The first-order valence-corrected chi connectivity index (χ1v) is 5.62. The summed E-state index contributed by atoms with van der Waals surface area (Å²) in [7, 11) is 2.12. The predicted molar refractivity (Wildman–Crippen MR) is 62.6 cm³/mol. The van der Waals surface area contributed by atoms with E-state index in [1.807, 2.05) is 6.07 Å². The second kappa shape index (κ2) is 3.52. The van der Waals surface area contributed by atoms with Crippen molar-refractivity contribution in [3.8, 4) is 11.5 Å². The highest BCUT2D eigenvalue weighted by molar-refractivity contribution is 5.77. The Labute approximate surface area is 95.0 Å². The van der Waals surface area contributed by atoms with Gasteiger partial charge < -0.3 is 9.84 Å². The molecule has 1 atom stereocenters. The van der Waals surface area contributed by atoms with E-state index in [0.29, 0.717) is 18.4 Å². The molecule has 16 heavy (non-hydrogen) atoms. The van der Waals surface area contributed by atoms with Crippen LogP contribution in [-0.2, 0) is 0 Å². The van der Waals surface area contributed by atoms with E-state index in [0.717, 1.165) is 24.3 Å². The molecule has 0 unspecified atom stereocenters. The van der Waals surface area contributed by atoms with Crippen LogP contribution >= 0.6 is 0 Å². The zero-order valence-corrected chi connectivity index (χ0v) is 9.31. The van der Waals surface area contributed by atoms with E-state index >= 15 is 0 Å². The summed E-state index contributed by atoms with van der Waals surface area (Å²) in [6, 6.07) is 5.65. The Morgan fingerprint density at radius 3 is 3.19 bits per heavy atom. The van der Waals surface area contributed by atoms with Crippen LogP contribution in [0.15, 0.2) is 24.3 Å². The van der Waals surface area contributed by atoms with E-state index in [-0.39, 0.29) is 0 Å². The van der Waals surface area contributed by atoms with Crippen molar-refractivity contribution in [1.29, 1.82) is 0 Å². The van der Waals surface area contributed by atoms with E-state index < -0.39 is 0 Å². The van der Waals surface area contributed by atoms with Crippen molar-refractivity contribution in [3.63, 3.8) is 0 Å². The Morgan fingerprint density at radius 2 is 2.31 bits per heavy atom. The summed E-state index contributed by atoms with van der Waals surface area (Å²) in [4.78, 5) is 2.31. The molecule has 0 fully saturated rings. The molecule has 0 amide bonds. The second-order valence-electron chi connectivity index (χ2n) is 4.44. The van der Waals surface area contributed by atoms with Crippen molar-refractivity contribution in [2.24, 2.45) is 0 Å². The van der Waals surface area contributed by atoms with Crippen LogP contribution in [0, 0.1) is 0 Å². The van der Waals surface area contributed by atoms with Crippen LogP contribution < -0.4 is 4.74 Å². The summed E-state index contributed by atoms with van der Waals surface area (Å²) in [5.74, 6) is 1.19. The van der Waals surface area contributed by atoms with Gasteiger partial charge in [-0.2, -0.15) is 0 Å². The average molecular weight is 217 g/mol. The van der Waals surface area contributed by atoms with Gasteiger partial charge in [0.15, 0.2) is 0 Å². The number of ether oxygens (including phenoxy) is 1. The Hall–Kier alpha value is -1.48. The van der Waals surface area contributed by atoms with Crippen LogP contribution in [0.4, 0.5) is 0 Å². The molecular weight excluding hydrogens is 202 g/mol. The van der Waals surface area contributed by atoms with Crippen LogP contribution in [0.3, 0.4) is 0 Å². The number of hydrogen-bond acceptors (Lipinski definition) is 3. The molecule has 0 spiro atoms. The monoisotopic (exact) mass is 217 g/mol. The lowest BCUT2D eigenvalue weighted by atomic mass is 9.91. The molecule has 84 valence electrons. The normalized spacial score (nSPS) is 24.1. The van der Waals surface area contributed by atoms with Crippen molar-refractivity contribution in [2.75, 3.05) is 20.2 Å². The number of nitrogens with zero attached hydrogens (tertiary/aromatic N) is 1. The van der Waals surface area contributed by atoms with Gasteiger partial charge >= 0.3 is 0 Å². The molecule has 0 aliphatic carbocycles. The van der Waals surface area contributed by atoms with E-state index in [9.17, 15) is 5.11 Å². The van der Waals surface area contributed by atoms with Crippen molar-refractivity contribution < 1.29 is 9.84 Å². The average Bonchev–Trinajstić information content (AvgIpc) is 2.29. The first-order chi connectivity index (χ1) is 7.75. The highest BCUT2D eigenvalue weighted by Gasteiger charge is 2.30. The molecule has 3 heteroatoms. The summed E-state index contributed by atoms with van der Waals surface area (Å²) in [6.45, 7) is 1.78. The lowest BCUT2D eigenvalue weighted by Crippen LogP contribution is -2.42. The largest absolute Gasteiger partial charge is 0.508 e. The Balaban J connectivity index is 2.11. The Bertz CT molecular complexity index is 453. The van der Waals surface area contributed by atoms with Crippen LogP contribution in [0.1, 0.15) is 12.0 Å². The molecule has 3 rings (SSSR count). The minimum atomic E-state index is 0.303. The zero-order chi connectivity index (χ0) is 11.1. The van der Waals surface area contributed by atoms with Crippen molar-refractivity contribution in [3.05, 3.63) is 29.8 Å². The van der Waals surface area contributed by atoms with Gasteiger partial charge in [-0.1, -0.05) is 6.08 Å². The highest BCUT2D eigenvalue weighted by Crippen LogP contribution is 2.38. The number of fused-ring (bicyclic) bond motifs is 3. The van der Waals surface area contributed by atoms with Gasteiger partial charge in [0.1, 0.15) is 18.1 Å². The smallest absolute Gasteiger partial charge is 0.127 e. The molecule has 2 heterocycles. The molecule has 0 radical (unpaired) electrons. The summed E-state index contributed by atoms with van der Waals surface area (Å²) in [6.07, 6.45) is 3.34. The topological polar surface area (TPSA) is 32.7 Å². The quantitative estimate of drug-likeness (QED) is 0.720. The van der Waals surface area contributed by atoms with Crippen LogP contribution in [-0.4, -0.2) is 36.2 Å². The van der Waals surface area contributed by atoms with E-state index in [1.54, 1.807) is 12.1 Å². The van der Waals surface area contributed by atoms with Crippen molar-refractivity contribution >= 4 is 5.57 Å². The van der Waals surface area contributed by atoms with Gasteiger partial charge in [-0.3, -0.25) is 4.90 Å². The molecule has 0 aromatic heterocycles. The van der Waals surface area contributed by atoms with Crippen LogP contribution in [0.25, 0.3) is 5.57 Å². The van der Waals surface area contributed by atoms with Crippen molar-refractivity contribution in [2.45, 2.75) is 12.5 Å². The minimum absolute atomic E-state index is 0.303. The fourth-order valence-corrected chi connectivity index (χ4v) is 2.50. The SMILES string of the molecule is CN1CCC=C2c3cc(O)ccc3OC[C@H]21. The molecule has 3 nitrogen and oxygen atoms in total. The summed E-state index contributed by atoms with van der Waals surface area (Å²) >= 11 is 0. The number of phenolic OH excluding ortho intramolecular Hbond substituents is 1. The standard InChI is InChI=1S/C13H15NO2/c1-14-6-2-3-10-11-7-9(15)4-5-13(11)16-8-12(10)14/h3-5,7,12,15H,2,6,8H2,1H3/t12-/m1/s1. The number of aromatic hydroxyl groups is 1. The number of likely N-dealkylation sites (N-methyl/N-ethyl adjacent to an activating group) is 1. The van der Waals surface area contributed by atoms with Gasteiger partial charge in [0, 0.05) is 12.1 Å². The summed E-state index contributed by atoms with van der Waals surface area (Å²) < 4.78 is 5.72. The fourth-order valence-electron chi connectivity index (χ4n) is 2.50. The molecule has 0 bridgehead atoms. The molecule has 0 saturated carbocycles. The maximum atomic E-state index is 9.55. The third-order valence-corrected chi connectivity index (χ3v) is 3.41. The Morgan fingerprint density at radius 1 is 1.44 bits per heavy atom. The summed E-state index contributed by atoms with van der Waals surface area (Å²) in [5.41, 5.74) is 2.34. The lowest BCUT2D eigenvalue weighted by molar-refractivity contribution is 0.183. The van der Waals surface area contributed by atoms with Crippen molar-refractivity contribution in [1.82, 2.24) is 4.90 Å². The second-order valence-corrected chi connectivity index (χ2v) is 4.44. The maximum absolute atomic E-state index is 9.55. The first-order valence-electron chi connectivity index (χ1n) is 5.62. The van der Waals surface area contributed by atoms with E-state index in [4.69, 9.17) is 4.74 Å². The van der Waals surface area contributed by atoms with Gasteiger partial charge in [0.05, 0.1) is 6.04 Å². The molecule has 2 aliphatic rings. The van der Waals surface area contributed by atoms with Crippen LogP contribution in [0.2, 0.25) is 0 Å². The van der Waals surface area contributed by atoms with Gasteiger partial charge in [0.25, 0.3) is 0 Å². The molecule has 1 aromatic carbocycles. The van der Waals surface area contributed by atoms with Gasteiger partial charge in [-0.05, 0) is 37.2 Å². The lowest BCUT2D eigenvalue weighted by Gasteiger charge is -2.37. The van der Waals surface area contributed by atoms with E-state index in [2.05, 4.69) is 18.0 Å². The number of phenols is 1. The zero-order valence-electron chi connectivity index (χ0n) is 9.31. The van der Waals surface area contributed by atoms with E-state index in [1.165, 1.54) is 5.57 Å². The summed E-state index contributed by atoms with van der Waals surface area (Å²) in [5, 5.41) is 9.55. The minimum Gasteiger partial charge on any atom is -0.508 e. The third kappa shape index (κ3) is 1.39. The first kappa shape index (κ1) is 9.73. The molecule has 2 aliphatic heterocycles. The van der Waals surface area contributed by atoms with Gasteiger partial charge in [-0.25, -0.2) is 0 Å². The third-order valence-electron chi connectivity index (χ3n) is 3.41. The molecule has 1 aromatic rings. The molecular formula is C13H15NO2. The number of benzene rings is 1. The fraction of sp³-hybridized carbons (Fsp3) is 0.385. The number of rotatable bonds is 0. The van der Waals surface area contributed by atoms with Gasteiger partial charge in [0.2, 0.25) is 0 Å². The molecule has 0 saturated heterocycles.